The number of ether oxygens (including phenoxy) is 1. The van der Waals surface area contributed by atoms with Gasteiger partial charge in [0.15, 0.2) is 0 Å². The van der Waals surface area contributed by atoms with Gasteiger partial charge in [0, 0.05) is 0 Å². The summed E-state index contributed by atoms with van der Waals surface area (Å²) in [7, 11) is 0. The summed E-state index contributed by atoms with van der Waals surface area (Å²) in [6, 6.07) is 0. The van der Waals surface area contributed by atoms with Crippen LogP contribution in [-0.2, 0) is 9.53 Å². The zero-order chi connectivity index (χ0) is 7.98. The molecule has 0 aliphatic carbocycles. The van der Waals surface area contributed by atoms with E-state index in [1.54, 1.807) is 6.92 Å². The van der Waals surface area contributed by atoms with Gasteiger partial charge in [-0.2, -0.15) is 0 Å². The van der Waals surface area contributed by atoms with Gasteiger partial charge in [-0.05, 0) is 6.92 Å². The third-order valence-electron chi connectivity index (χ3n) is 0.603. The third kappa shape index (κ3) is 2.81. The lowest BCUT2D eigenvalue weighted by Gasteiger charge is -2.05. The predicted molar refractivity (Wildman–Crippen MR) is 31.2 cm³/mol. The quantitative estimate of drug-likeness (QED) is 0.188. The normalized spacial score (nSPS) is 7.80. The minimum atomic E-state index is -0.883. The fraction of sp³-hybridized carbons (Fsp3) is 0.500. The number of nitrogens with zero attached hydrogens (tertiary/aromatic N) is 2. The highest BCUT2D eigenvalue weighted by molar-refractivity contribution is 5.66. The minimum Gasteiger partial charge on any atom is -0.447 e. The molecule has 6 nitrogen and oxygen atoms in total. The van der Waals surface area contributed by atoms with Crippen LogP contribution in [0.25, 0.3) is 0 Å². The van der Waals surface area contributed by atoms with Gasteiger partial charge < -0.3 is 4.74 Å². The molecule has 0 rings (SSSR count). The molecule has 56 valence electrons. The summed E-state index contributed by atoms with van der Waals surface area (Å²) in [6.07, 6.45) is 0.198. The van der Waals surface area contributed by atoms with Gasteiger partial charge in [0.2, 0.25) is 0 Å². The topological polar surface area (TPSA) is 85.0 Å². The maximum atomic E-state index is 10.4. The van der Waals surface area contributed by atoms with Gasteiger partial charge >= 0.3 is 6.09 Å². The molecule has 0 aliphatic heterocycles. The number of amides is 1. The van der Waals surface area contributed by atoms with Crippen LogP contribution >= 0.6 is 0 Å². The number of rotatable bonds is 2. The van der Waals surface area contributed by atoms with Gasteiger partial charge in [-0.3, -0.25) is 0 Å². The Kier molecular flexibility index (Phi) is 3.86. The van der Waals surface area contributed by atoms with Crippen LogP contribution in [0.4, 0.5) is 4.79 Å². The Morgan fingerprint density at radius 3 is 2.90 bits per heavy atom. The molecule has 2 N–H and O–H groups in total. The number of hydrogen-bond acceptors (Lipinski definition) is 5. The van der Waals surface area contributed by atoms with Crippen molar-refractivity contribution in [1.82, 2.24) is 5.12 Å². The van der Waals surface area contributed by atoms with E-state index in [1.165, 1.54) is 0 Å². The highest BCUT2D eigenvalue weighted by Gasteiger charge is 2.06. The van der Waals surface area contributed by atoms with Crippen LogP contribution in [0.5, 0.6) is 0 Å². The average Bonchev–Trinajstić information content (AvgIpc) is 1.89. The van der Waals surface area contributed by atoms with Crippen LogP contribution in [0.1, 0.15) is 6.92 Å². The molecule has 1 amide bonds. The molecule has 0 spiro atoms. The van der Waals surface area contributed by atoms with E-state index in [1.807, 2.05) is 0 Å². The molecule has 6 heteroatoms. The molecule has 0 radical (unpaired) electrons. The summed E-state index contributed by atoms with van der Waals surface area (Å²) < 4.78 is 4.35. The van der Waals surface area contributed by atoms with Crippen LogP contribution in [0, 0.1) is 0 Å². The number of nitrogens with two attached hydrogens (primary N) is 1. The first kappa shape index (κ1) is 8.61. The standard InChI is InChI=1S/C4H7N3O3/c1-2-10-4(9)7(5)6-3-8/h2,5H2,1H3. The monoisotopic (exact) mass is 145 g/mol. The van der Waals surface area contributed by atoms with Gasteiger partial charge in [0.1, 0.15) is 0 Å². The van der Waals surface area contributed by atoms with Gasteiger partial charge in [0.05, 0.1) is 6.61 Å². The molecular weight excluding hydrogens is 138 g/mol. The highest BCUT2D eigenvalue weighted by Crippen LogP contribution is 1.84. The van der Waals surface area contributed by atoms with Crippen molar-refractivity contribution in [3.05, 3.63) is 0 Å². The van der Waals surface area contributed by atoms with E-state index < -0.39 is 6.09 Å². The summed E-state index contributed by atoms with van der Waals surface area (Å²) >= 11 is 0. The molecule has 0 aromatic heterocycles. The summed E-state index contributed by atoms with van der Waals surface area (Å²) in [6.45, 7) is 1.79. The van der Waals surface area contributed by atoms with Crippen molar-refractivity contribution in [3.8, 4) is 0 Å². The number of hydrazine groups is 1. The van der Waals surface area contributed by atoms with E-state index in [0.29, 0.717) is 0 Å². The number of hydrogen-bond donors (Lipinski definition) is 1. The van der Waals surface area contributed by atoms with Crippen LogP contribution in [0.15, 0.2) is 5.10 Å². The van der Waals surface area contributed by atoms with Crippen LogP contribution in [-0.4, -0.2) is 23.9 Å². The lowest BCUT2D eigenvalue weighted by Crippen LogP contribution is -2.32. The number of isocyanates is 1. The smallest absolute Gasteiger partial charge is 0.446 e. The number of hydrazone groups is 1. The second kappa shape index (κ2) is 4.49. The molecule has 10 heavy (non-hydrogen) atoms. The summed E-state index contributed by atoms with van der Waals surface area (Å²) in [4.78, 5) is 19.9. The molecule has 0 aromatic carbocycles. The lowest BCUT2D eigenvalue weighted by molar-refractivity contribution is 0.108. The highest BCUT2D eigenvalue weighted by atomic mass is 16.6. The van der Waals surface area contributed by atoms with Gasteiger partial charge in [-0.25, -0.2) is 15.4 Å². The molecule has 0 unspecified atom stereocenters. The Morgan fingerprint density at radius 2 is 2.50 bits per heavy atom. The maximum Gasteiger partial charge on any atom is 0.446 e. The molecule has 0 aromatic rings. The molecule has 0 bridgehead atoms. The van der Waals surface area contributed by atoms with Crippen molar-refractivity contribution in [1.29, 1.82) is 0 Å². The van der Waals surface area contributed by atoms with E-state index >= 15 is 0 Å². The number of carbonyl (C=O) groups is 1. The summed E-state index contributed by atoms with van der Waals surface area (Å²) in [5.41, 5.74) is 0. The SMILES string of the molecule is CCOC(=O)N(N)N=C=O. The fourth-order valence-electron chi connectivity index (χ4n) is 0.274. The van der Waals surface area contributed by atoms with Crippen molar-refractivity contribution in [2.24, 2.45) is 10.9 Å². The summed E-state index contributed by atoms with van der Waals surface area (Å²) in [5, 5.41) is 3.05. The molecular formula is C4H7N3O3. The van der Waals surface area contributed by atoms with Crippen molar-refractivity contribution in [2.75, 3.05) is 6.61 Å². The van der Waals surface area contributed by atoms with Gasteiger partial charge in [-0.1, -0.05) is 5.10 Å². The molecule has 0 aliphatic rings. The first-order valence-corrected chi connectivity index (χ1v) is 2.51. The average molecular weight is 145 g/mol. The summed E-state index contributed by atoms with van der Waals surface area (Å²) in [5.74, 6) is 4.84. The third-order valence-corrected chi connectivity index (χ3v) is 0.603. The Balaban J connectivity index is 3.81. The Labute approximate surface area is 57.2 Å². The zero-order valence-electron chi connectivity index (χ0n) is 5.40. The number of carbonyl (C=O) groups excluding carboxylic acids is 2. The van der Waals surface area contributed by atoms with Gasteiger partial charge in [0.25, 0.3) is 6.08 Å². The van der Waals surface area contributed by atoms with E-state index in [-0.39, 0.29) is 11.7 Å². The molecule has 0 heterocycles. The van der Waals surface area contributed by atoms with Crippen LogP contribution in [0.2, 0.25) is 0 Å². The second-order valence-electron chi connectivity index (χ2n) is 1.23. The Hall–Kier alpha value is -1.39. The van der Waals surface area contributed by atoms with Crippen molar-refractivity contribution >= 4 is 12.2 Å². The lowest BCUT2D eigenvalue weighted by atomic mass is 10.9. The molecule has 0 saturated heterocycles. The largest absolute Gasteiger partial charge is 0.447 e. The predicted octanol–water partition coefficient (Wildman–Crippen LogP) is -0.431. The molecule has 0 fully saturated rings. The van der Waals surface area contributed by atoms with Crippen LogP contribution in [0.3, 0.4) is 0 Å². The zero-order valence-corrected chi connectivity index (χ0v) is 5.40. The van der Waals surface area contributed by atoms with Crippen LogP contribution < -0.4 is 5.84 Å². The van der Waals surface area contributed by atoms with Crippen molar-refractivity contribution in [3.63, 3.8) is 0 Å². The Bertz CT molecular complexity index is 163. The van der Waals surface area contributed by atoms with Crippen molar-refractivity contribution < 1.29 is 14.3 Å². The second-order valence-corrected chi connectivity index (χ2v) is 1.23. The Morgan fingerprint density at radius 1 is 1.90 bits per heavy atom. The first-order chi connectivity index (χ1) is 4.72. The molecule has 0 atom stereocenters. The van der Waals surface area contributed by atoms with E-state index in [4.69, 9.17) is 5.84 Å². The van der Waals surface area contributed by atoms with E-state index in [2.05, 4.69) is 9.84 Å². The minimum absolute atomic E-state index is 0.181. The fourth-order valence-corrected chi connectivity index (χ4v) is 0.274. The van der Waals surface area contributed by atoms with E-state index in [0.717, 1.165) is 6.08 Å². The van der Waals surface area contributed by atoms with Gasteiger partial charge in [-0.15, -0.1) is 5.12 Å². The first-order valence-electron chi connectivity index (χ1n) is 2.51. The maximum absolute atomic E-state index is 10.4. The van der Waals surface area contributed by atoms with Crippen molar-refractivity contribution in [2.45, 2.75) is 6.92 Å². The molecule has 0 saturated carbocycles. The van der Waals surface area contributed by atoms with E-state index in [9.17, 15) is 9.59 Å².